The van der Waals surface area contributed by atoms with Gasteiger partial charge >= 0.3 is 6.18 Å². The van der Waals surface area contributed by atoms with E-state index in [2.05, 4.69) is 5.10 Å². The second kappa shape index (κ2) is 5.23. The van der Waals surface area contributed by atoms with Crippen molar-refractivity contribution in [1.29, 1.82) is 0 Å². The molecule has 1 heterocycles. The Morgan fingerprint density at radius 1 is 1.11 bits per heavy atom. The molecule has 0 aliphatic rings. The maximum absolute atomic E-state index is 12.7. The van der Waals surface area contributed by atoms with E-state index in [1.54, 1.807) is 6.07 Å². The van der Waals surface area contributed by atoms with Crippen LogP contribution < -0.4 is 0 Å². The summed E-state index contributed by atoms with van der Waals surface area (Å²) >= 11 is 17.2. The third-order valence-electron chi connectivity index (χ3n) is 2.47. The first-order valence-corrected chi connectivity index (χ1v) is 6.16. The van der Waals surface area contributed by atoms with Crippen molar-refractivity contribution < 1.29 is 13.2 Å². The maximum Gasteiger partial charge on any atom is 0.433 e. The fraction of sp³-hybridized carbons (Fsp3) is 0.182. The molecule has 0 amide bonds. The van der Waals surface area contributed by atoms with Crippen LogP contribution in [0.4, 0.5) is 13.2 Å². The molecule has 0 bridgehead atoms. The number of H-pyrrole nitrogens is 1. The Bertz CT molecular complexity index is 608. The molecule has 2 aromatic rings. The van der Waals surface area contributed by atoms with Crippen LogP contribution >= 0.6 is 34.8 Å². The van der Waals surface area contributed by atoms with Crippen LogP contribution in [0.3, 0.4) is 0 Å². The van der Waals surface area contributed by atoms with E-state index in [9.17, 15) is 13.2 Å². The van der Waals surface area contributed by atoms with Gasteiger partial charge in [-0.05, 0) is 17.7 Å². The second-order valence-corrected chi connectivity index (χ2v) is 4.96. The van der Waals surface area contributed by atoms with Crippen molar-refractivity contribution in [3.8, 4) is 0 Å². The Labute approximate surface area is 121 Å². The van der Waals surface area contributed by atoms with E-state index in [0.29, 0.717) is 10.6 Å². The molecule has 0 aliphatic heterocycles. The fourth-order valence-electron chi connectivity index (χ4n) is 1.59. The smallest absolute Gasteiger partial charge is 0.272 e. The Morgan fingerprint density at radius 3 is 2.37 bits per heavy atom. The third kappa shape index (κ3) is 3.16. The Hall–Kier alpha value is -0.910. The molecule has 0 saturated heterocycles. The predicted molar refractivity (Wildman–Crippen MR) is 67.9 cm³/mol. The van der Waals surface area contributed by atoms with Crippen molar-refractivity contribution >= 4 is 34.8 Å². The van der Waals surface area contributed by atoms with E-state index < -0.39 is 11.9 Å². The highest BCUT2D eigenvalue weighted by atomic mass is 35.5. The zero-order chi connectivity index (χ0) is 14.2. The summed E-state index contributed by atoms with van der Waals surface area (Å²) in [7, 11) is 0. The van der Waals surface area contributed by atoms with Gasteiger partial charge < -0.3 is 0 Å². The van der Waals surface area contributed by atoms with Gasteiger partial charge in [-0.2, -0.15) is 18.3 Å². The molecule has 0 saturated carbocycles. The summed E-state index contributed by atoms with van der Waals surface area (Å²) in [5, 5.41) is 5.67. The molecular formula is C11H6Cl3F3N2. The summed E-state index contributed by atoms with van der Waals surface area (Å²) in [6.07, 6.45) is -4.58. The number of halogens is 6. The number of nitrogens with one attached hydrogen (secondary N) is 1. The summed E-state index contributed by atoms with van der Waals surface area (Å²) < 4.78 is 38.2. The van der Waals surface area contributed by atoms with Gasteiger partial charge in [0.2, 0.25) is 0 Å². The Kier molecular flexibility index (Phi) is 3.99. The summed E-state index contributed by atoms with van der Waals surface area (Å²) in [6.45, 7) is 0. The molecule has 8 heteroatoms. The van der Waals surface area contributed by atoms with E-state index in [-0.39, 0.29) is 22.2 Å². The lowest BCUT2D eigenvalue weighted by Crippen LogP contribution is -2.09. The molecule has 0 fully saturated rings. The number of alkyl halides is 3. The fourth-order valence-corrected chi connectivity index (χ4v) is 2.12. The zero-order valence-electron chi connectivity index (χ0n) is 9.15. The van der Waals surface area contributed by atoms with Crippen molar-refractivity contribution in [3.05, 3.63) is 50.2 Å². The number of benzene rings is 1. The van der Waals surface area contributed by atoms with E-state index in [4.69, 9.17) is 34.8 Å². The molecule has 0 spiro atoms. The molecule has 1 aromatic carbocycles. The minimum Gasteiger partial charge on any atom is -0.272 e. The van der Waals surface area contributed by atoms with Gasteiger partial charge in [-0.25, -0.2) is 0 Å². The van der Waals surface area contributed by atoms with Crippen molar-refractivity contribution in [2.24, 2.45) is 0 Å². The molecule has 0 atom stereocenters. The van der Waals surface area contributed by atoms with Gasteiger partial charge in [-0.1, -0.05) is 40.9 Å². The zero-order valence-corrected chi connectivity index (χ0v) is 11.4. The summed E-state index contributed by atoms with van der Waals surface area (Å²) in [4.78, 5) is 0. The highest BCUT2D eigenvalue weighted by Gasteiger charge is 2.36. The van der Waals surface area contributed by atoms with Gasteiger partial charge in [0.15, 0.2) is 5.15 Å². The highest BCUT2D eigenvalue weighted by Crippen LogP contribution is 2.35. The first kappa shape index (κ1) is 14.5. The molecule has 19 heavy (non-hydrogen) atoms. The lowest BCUT2D eigenvalue weighted by molar-refractivity contribution is -0.141. The quantitative estimate of drug-likeness (QED) is 0.827. The van der Waals surface area contributed by atoms with Gasteiger partial charge in [0.1, 0.15) is 5.69 Å². The second-order valence-electron chi connectivity index (χ2n) is 3.79. The predicted octanol–water partition coefficient (Wildman–Crippen LogP) is 4.98. The number of rotatable bonds is 2. The van der Waals surface area contributed by atoms with Gasteiger partial charge in [0.25, 0.3) is 0 Å². The molecule has 0 aliphatic carbocycles. The average molecular weight is 330 g/mol. The van der Waals surface area contributed by atoms with Gasteiger partial charge in [-0.15, -0.1) is 0 Å². The molecule has 1 aromatic heterocycles. The molecule has 2 nitrogen and oxygen atoms in total. The van der Waals surface area contributed by atoms with Crippen LogP contribution in [0.15, 0.2) is 18.2 Å². The van der Waals surface area contributed by atoms with Crippen molar-refractivity contribution in [3.63, 3.8) is 0 Å². The number of aromatic amines is 1. The average Bonchev–Trinajstić information content (AvgIpc) is 2.65. The third-order valence-corrected chi connectivity index (χ3v) is 3.52. The van der Waals surface area contributed by atoms with Crippen molar-refractivity contribution in [2.45, 2.75) is 12.6 Å². The van der Waals surface area contributed by atoms with Crippen LogP contribution in [0.5, 0.6) is 0 Å². The molecule has 0 radical (unpaired) electrons. The monoisotopic (exact) mass is 328 g/mol. The Balaban J connectivity index is 2.38. The van der Waals surface area contributed by atoms with Crippen LogP contribution in [-0.2, 0) is 12.6 Å². The normalized spacial score (nSPS) is 11.9. The van der Waals surface area contributed by atoms with E-state index >= 15 is 0 Å². The highest BCUT2D eigenvalue weighted by molar-refractivity contribution is 6.42. The minimum absolute atomic E-state index is 0.0406. The minimum atomic E-state index is -4.54. The standard InChI is InChI=1S/C11H6Cl3F3N2/c12-7-2-1-5(4-8(7)13)3-6-9(11(15,16)17)18-19-10(6)14/h1-2,4H,3H2,(H,18,19). The molecule has 0 unspecified atom stereocenters. The first-order chi connectivity index (χ1) is 8.79. The summed E-state index contributed by atoms with van der Waals surface area (Å²) in [5.74, 6) is 0. The molecule has 102 valence electrons. The van der Waals surface area contributed by atoms with Crippen LogP contribution in [0, 0.1) is 0 Å². The molecule has 2 rings (SSSR count). The van der Waals surface area contributed by atoms with Crippen LogP contribution in [0.2, 0.25) is 15.2 Å². The van der Waals surface area contributed by atoms with E-state index in [1.165, 1.54) is 12.1 Å². The lowest BCUT2D eigenvalue weighted by atomic mass is 10.1. The number of nitrogens with zero attached hydrogens (tertiary/aromatic N) is 1. The van der Waals surface area contributed by atoms with Gasteiger partial charge in [-0.3, -0.25) is 5.10 Å². The molecular weight excluding hydrogens is 323 g/mol. The molecule has 1 N–H and O–H groups in total. The van der Waals surface area contributed by atoms with Gasteiger partial charge in [0, 0.05) is 12.0 Å². The lowest BCUT2D eigenvalue weighted by Gasteiger charge is -2.08. The number of aromatic nitrogens is 2. The Morgan fingerprint density at radius 2 is 1.79 bits per heavy atom. The van der Waals surface area contributed by atoms with Crippen molar-refractivity contribution in [1.82, 2.24) is 10.2 Å². The SMILES string of the molecule is FC(F)(F)c1[nH]nc(Cl)c1Cc1ccc(Cl)c(Cl)c1. The topological polar surface area (TPSA) is 28.7 Å². The summed E-state index contributed by atoms with van der Waals surface area (Å²) in [6, 6.07) is 4.59. The summed E-state index contributed by atoms with van der Waals surface area (Å²) in [5.41, 5.74) is -0.515. The van der Waals surface area contributed by atoms with Crippen LogP contribution in [0.25, 0.3) is 0 Å². The van der Waals surface area contributed by atoms with E-state index in [1.807, 2.05) is 5.10 Å². The van der Waals surface area contributed by atoms with Crippen LogP contribution in [-0.4, -0.2) is 10.2 Å². The number of hydrogen-bond acceptors (Lipinski definition) is 1. The van der Waals surface area contributed by atoms with Crippen LogP contribution in [0.1, 0.15) is 16.8 Å². The van der Waals surface area contributed by atoms with Gasteiger partial charge in [0.05, 0.1) is 10.0 Å². The van der Waals surface area contributed by atoms with Crippen molar-refractivity contribution in [2.75, 3.05) is 0 Å². The first-order valence-electron chi connectivity index (χ1n) is 5.03. The van der Waals surface area contributed by atoms with E-state index in [0.717, 1.165) is 0 Å². The maximum atomic E-state index is 12.7. The largest absolute Gasteiger partial charge is 0.433 e. The number of hydrogen-bond donors (Lipinski definition) is 1.